The van der Waals surface area contributed by atoms with Gasteiger partial charge in [0.1, 0.15) is 11.9 Å². The van der Waals surface area contributed by atoms with Crippen LogP contribution in [-0.4, -0.2) is 36.0 Å². The number of anilines is 1. The topological polar surface area (TPSA) is 58.6 Å². The van der Waals surface area contributed by atoms with Crippen LogP contribution in [0.3, 0.4) is 0 Å². The van der Waals surface area contributed by atoms with Gasteiger partial charge in [-0.15, -0.1) is 0 Å². The Balaban J connectivity index is 1.56. The second-order valence-electron chi connectivity index (χ2n) is 7.26. The van der Waals surface area contributed by atoms with Crippen LogP contribution in [0.25, 0.3) is 0 Å². The highest BCUT2D eigenvalue weighted by atomic mass is 19.1. The molecule has 1 amide bonds. The first kappa shape index (κ1) is 20.0. The molecule has 1 saturated heterocycles. The largest absolute Gasteiger partial charge is 0.459 e. The number of amides is 1. The van der Waals surface area contributed by atoms with E-state index in [0.29, 0.717) is 0 Å². The molecule has 1 aliphatic heterocycles. The van der Waals surface area contributed by atoms with Crippen molar-refractivity contribution in [2.45, 2.75) is 32.9 Å². The number of hydrogen-bond donors (Lipinski definition) is 1. The molecule has 1 fully saturated rings. The standard InChI is InChI=1S/C22H25FN2O3/c1-15(19-10-11-25(14-19)13-17-6-4-3-5-7-17)28-22(27)18-8-9-20(23)21(12-18)24-16(2)26/h3-9,12,15,19H,10-11,13-14H2,1-2H3,(H,24,26)/t15-,19-/m0/s1. The third kappa shape index (κ3) is 5.16. The van der Waals surface area contributed by atoms with E-state index in [2.05, 4.69) is 22.3 Å². The van der Waals surface area contributed by atoms with Gasteiger partial charge in [-0.3, -0.25) is 9.69 Å². The number of carbonyl (C=O) groups is 2. The number of nitrogens with zero attached hydrogens (tertiary/aromatic N) is 1. The molecular weight excluding hydrogens is 359 g/mol. The maximum atomic E-state index is 13.8. The summed E-state index contributed by atoms with van der Waals surface area (Å²) < 4.78 is 19.4. The monoisotopic (exact) mass is 384 g/mol. The van der Waals surface area contributed by atoms with Crippen molar-refractivity contribution in [1.82, 2.24) is 4.90 Å². The molecule has 0 unspecified atom stereocenters. The second-order valence-corrected chi connectivity index (χ2v) is 7.26. The van der Waals surface area contributed by atoms with E-state index in [0.717, 1.165) is 32.1 Å². The van der Waals surface area contributed by atoms with E-state index < -0.39 is 17.7 Å². The van der Waals surface area contributed by atoms with Gasteiger partial charge in [0, 0.05) is 25.9 Å². The van der Waals surface area contributed by atoms with Gasteiger partial charge in [-0.2, -0.15) is 0 Å². The molecule has 0 bridgehead atoms. The van der Waals surface area contributed by atoms with Crippen molar-refractivity contribution < 1.29 is 18.7 Å². The number of benzene rings is 2. The molecule has 1 aliphatic rings. The van der Waals surface area contributed by atoms with Gasteiger partial charge >= 0.3 is 5.97 Å². The molecule has 3 rings (SSSR count). The van der Waals surface area contributed by atoms with Crippen LogP contribution >= 0.6 is 0 Å². The lowest BCUT2D eigenvalue weighted by Gasteiger charge is -2.21. The van der Waals surface area contributed by atoms with E-state index >= 15 is 0 Å². The van der Waals surface area contributed by atoms with Crippen LogP contribution in [0.15, 0.2) is 48.5 Å². The lowest BCUT2D eigenvalue weighted by atomic mass is 10.0. The lowest BCUT2D eigenvalue weighted by molar-refractivity contribution is -0.114. The second kappa shape index (κ2) is 8.97. The highest BCUT2D eigenvalue weighted by Crippen LogP contribution is 2.25. The molecule has 28 heavy (non-hydrogen) atoms. The van der Waals surface area contributed by atoms with Crippen molar-refractivity contribution >= 4 is 17.6 Å². The van der Waals surface area contributed by atoms with Crippen LogP contribution in [0.5, 0.6) is 0 Å². The lowest BCUT2D eigenvalue weighted by Crippen LogP contribution is -2.27. The highest BCUT2D eigenvalue weighted by Gasteiger charge is 2.29. The minimum Gasteiger partial charge on any atom is -0.459 e. The quantitative estimate of drug-likeness (QED) is 0.769. The average molecular weight is 384 g/mol. The Bertz CT molecular complexity index is 841. The molecule has 2 aromatic carbocycles. The van der Waals surface area contributed by atoms with Gasteiger partial charge in [0.25, 0.3) is 0 Å². The Hall–Kier alpha value is -2.73. The summed E-state index contributed by atoms with van der Waals surface area (Å²) >= 11 is 0. The van der Waals surface area contributed by atoms with Gasteiger partial charge in [-0.1, -0.05) is 30.3 Å². The third-order valence-electron chi connectivity index (χ3n) is 5.03. The maximum Gasteiger partial charge on any atom is 0.338 e. The van der Waals surface area contributed by atoms with Gasteiger partial charge in [0.2, 0.25) is 5.91 Å². The zero-order valence-electron chi connectivity index (χ0n) is 16.2. The first-order valence-electron chi connectivity index (χ1n) is 9.47. The molecular formula is C22H25FN2O3. The summed E-state index contributed by atoms with van der Waals surface area (Å²) in [6.07, 6.45) is 0.713. The number of ether oxygens (including phenoxy) is 1. The number of carbonyl (C=O) groups excluding carboxylic acids is 2. The summed E-state index contributed by atoms with van der Waals surface area (Å²) in [4.78, 5) is 26.0. The number of hydrogen-bond acceptors (Lipinski definition) is 4. The molecule has 0 aliphatic carbocycles. The van der Waals surface area contributed by atoms with E-state index in [9.17, 15) is 14.0 Å². The SMILES string of the molecule is CC(=O)Nc1cc(C(=O)O[C@@H](C)[C@H]2CCN(Cc3ccccc3)C2)ccc1F. The molecule has 0 saturated carbocycles. The Morgan fingerprint density at radius 2 is 2.00 bits per heavy atom. The van der Waals surface area contributed by atoms with Crippen molar-refractivity contribution in [3.63, 3.8) is 0 Å². The Morgan fingerprint density at radius 3 is 2.71 bits per heavy atom. The van der Waals surface area contributed by atoms with Gasteiger partial charge in [-0.05, 0) is 43.7 Å². The predicted octanol–water partition coefficient (Wildman–Crippen LogP) is 3.85. The van der Waals surface area contributed by atoms with Crippen LogP contribution in [-0.2, 0) is 16.1 Å². The Morgan fingerprint density at radius 1 is 1.25 bits per heavy atom. The van der Waals surface area contributed by atoms with Crippen LogP contribution < -0.4 is 5.32 Å². The highest BCUT2D eigenvalue weighted by molar-refractivity contribution is 5.93. The van der Waals surface area contributed by atoms with Crippen LogP contribution in [0.4, 0.5) is 10.1 Å². The smallest absolute Gasteiger partial charge is 0.338 e. The summed E-state index contributed by atoms with van der Waals surface area (Å²) in [5, 5.41) is 2.38. The predicted molar refractivity (Wildman–Crippen MR) is 105 cm³/mol. The molecule has 2 aromatic rings. The number of halogens is 1. The van der Waals surface area contributed by atoms with Crippen molar-refractivity contribution in [1.29, 1.82) is 0 Å². The fourth-order valence-corrected chi connectivity index (χ4v) is 3.50. The van der Waals surface area contributed by atoms with Crippen LogP contribution in [0.2, 0.25) is 0 Å². The first-order chi connectivity index (χ1) is 13.4. The molecule has 6 heteroatoms. The number of likely N-dealkylation sites (tertiary alicyclic amines) is 1. The minimum atomic E-state index is -0.591. The van der Waals surface area contributed by atoms with E-state index in [-0.39, 0.29) is 23.3 Å². The molecule has 0 radical (unpaired) electrons. The summed E-state index contributed by atoms with van der Waals surface area (Å²) in [5.74, 6) is -1.25. The van der Waals surface area contributed by atoms with Crippen molar-refractivity contribution in [2.75, 3.05) is 18.4 Å². The molecule has 148 valence electrons. The zero-order chi connectivity index (χ0) is 20.1. The molecule has 1 N–H and O–H groups in total. The number of esters is 1. The van der Waals surface area contributed by atoms with E-state index in [4.69, 9.17) is 4.74 Å². The number of rotatable bonds is 6. The fourth-order valence-electron chi connectivity index (χ4n) is 3.50. The van der Waals surface area contributed by atoms with E-state index in [1.54, 1.807) is 0 Å². The Labute approximate surface area is 164 Å². The van der Waals surface area contributed by atoms with Gasteiger partial charge < -0.3 is 10.1 Å². The third-order valence-corrected chi connectivity index (χ3v) is 5.03. The van der Waals surface area contributed by atoms with E-state index in [1.807, 2.05) is 25.1 Å². The van der Waals surface area contributed by atoms with Gasteiger partial charge in [0.15, 0.2) is 0 Å². The molecule has 0 spiro atoms. The van der Waals surface area contributed by atoms with Gasteiger partial charge in [0.05, 0.1) is 11.3 Å². The molecule has 5 nitrogen and oxygen atoms in total. The van der Waals surface area contributed by atoms with E-state index in [1.165, 1.54) is 24.6 Å². The van der Waals surface area contributed by atoms with Crippen molar-refractivity contribution in [3.8, 4) is 0 Å². The fraction of sp³-hybridized carbons (Fsp3) is 0.364. The Kier molecular flexibility index (Phi) is 6.41. The first-order valence-corrected chi connectivity index (χ1v) is 9.47. The summed E-state index contributed by atoms with van der Waals surface area (Å²) in [6.45, 7) is 5.89. The van der Waals surface area contributed by atoms with Gasteiger partial charge in [-0.25, -0.2) is 9.18 Å². The number of nitrogens with one attached hydrogen (secondary N) is 1. The van der Waals surface area contributed by atoms with Crippen molar-refractivity contribution in [3.05, 3.63) is 65.5 Å². The summed E-state index contributed by atoms with van der Waals surface area (Å²) in [5.41, 5.74) is 1.46. The van der Waals surface area contributed by atoms with Crippen LogP contribution in [0, 0.1) is 11.7 Å². The minimum absolute atomic E-state index is 0.0236. The molecule has 1 heterocycles. The molecule has 0 aromatic heterocycles. The normalized spacial score (nSPS) is 17.9. The zero-order valence-corrected chi connectivity index (χ0v) is 16.2. The summed E-state index contributed by atoms with van der Waals surface area (Å²) in [6, 6.07) is 14.1. The average Bonchev–Trinajstić information content (AvgIpc) is 3.12. The summed E-state index contributed by atoms with van der Waals surface area (Å²) in [7, 11) is 0. The maximum absolute atomic E-state index is 13.8. The van der Waals surface area contributed by atoms with Crippen molar-refractivity contribution in [2.24, 2.45) is 5.92 Å². The van der Waals surface area contributed by atoms with Crippen LogP contribution in [0.1, 0.15) is 36.2 Å². The molecule has 2 atom stereocenters.